The second kappa shape index (κ2) is 5.49. The predicted molar refractivity (Wildman–Crippen MR) is 76.1 cm³/mol. The van der Waals surface area contributed by atoms with Crippen molar-refractivity contribution in [1.82, 2.24) is 0 Å². The van der Waals surface area contributed by atoms with Crippen molar-refractivity contribution in [3.8, 4) is 0 Å². The van der Waals surface area contributed by atoms with Crippen molar-refractivity contribution in [2.45, 2.75) is 18.9 Å². The van der Waals surface area contributed by atoms with Crippen LogP contribution in [0, 0.1) is 5.82 Å². The standard InChI is InChI=1S/C15H13Cl2FO/c1-15(19,11-3-2-4-13(18)8-11)9-10-7-12(16)5-6-14(10)17/h2-8,19H,9H2,1H3. The van der Waals surface area contributed by atoms with Crippen molar-refractivity contribution in [3.63, 3.8) is 0 Å². The van der Waals surface area contributed by atoms with Crippen molar-refractivity contribution in [1.29, 1.82) is 0 Å². The zero-order chi connectivity index (χ0) is 14.0. The molecule has 0 saturated carbocycles. The first-order chi connectivity index (χ1) is 8.88. The van der Waals surface area contributed by atoms with Crippen molar-refractivity contribution in [2.24, 2.45) is 0 Å². The van der Waals surface area contributed by atoms with Gasteiger partial charge in [0.15, 0.2) is 0 Å². The van der Waals surface area contributed by atoms with Crippen molar-refractivity contribution < 1.29 is 9.50 Å². The maximum Gasteiger partial charge on any atom is 0.123 e. The first-order valence-electron chi connectivity index (χ1n) is 5.81. The molecule has 1 unspecified atom stereocenters. The van der Waals surface area contributed by atoms with Crippen LogP contribution in [-0.4, -0.2) is 5.11 Å². The molecule has 19 heavy (non-hydrogen) atoms. The summed E-state index contributed by atoms with van der Waals surface area (Å²) in [6.45, 7) is 1.62. The third kappa shape index (κ3) is 3.47. The summed E-state index contributed by atoms with van der Waals surface area (Å²) in [6.07, 6.45) is 0.260. The van der Waals surface area contributed by atoms with Gasteiger partial charge >= 0.3 is 0 Å². The molecule has 1 nitrogen and oxygen atoms in total. The minimum atomic E-state index is -1.21. The highest BCUT2D eigenvalue weighted by atomic mass is 35.5. The Hall–Kier alpha value is -1.09. The van der Waals surface area contributed by atoms with Gasteiger partial charge in [-0.1, -0.05) is 35.3 Å². The van der Waals surface area contributed by atoms with E-state index in [0.29, 0.717) is 15.6 Å². The van der Waals surface area contributed by atoms with Crippen molar-refractivity contribution in [3.05, 3.63) is 69.5 Å². The Morgan fingerprint density at radius 1 is 1.16 bits per heavy atom. The van der Waals surface area contributed by atoms with Crippen LogP contribution in [0.2, 0.25) is 10.0 Å². The molecule has 1 atom stereocenters. The minimum Gasteiger partial charge on any atom is -0.385 e. The predicted octanol–water partition coefficient (Wildman–Crippen LogP) is 4.58. The summed E-state index contributed by atoms with van der Waals surface area (Å²) < 4.78 is 13.2. The van der Waals surface area contributed by atoms with E-state index in [1.165, 1.54) is 12.1 Å². The molecular weight excluding hydrogens is 286 g/mol. The number of benzene rings is 2. The van der Waals surface area contributed by atoms with Crippen LogP contribution in [0.5, 0.6) is 0 Å². The van der Waals surface area contributed by atoms with E-state index in [-0.39, 0.29) is 12.2 Å². The zero-order valence-corrected chi connectivity index (χ0v) is 11.8. The summed E-state index contributed by atoms with van der Waals surface area (Å²) in [7, 11) is 0. The molecule has 0 aromatic heterocycles. The number of halogens is 3. The van der Waals surface area contributed by atoms with E-state index in [9.17, 15) is 9.50 Å². The summed E-state index contributed by atoms with van der Waals surface area (Å²) in [5.41, 5.74) is 0.0168. The maximum atomic E-state index is 13.2. The van der Waals surface area contributed by atoms with Gasteiger partial charge in [0.25, 0.3) is 0 Å². The fourth-order valence-electron chi connectivity index (χ4n) is 1.98. The highest BCUT2D eigenvalue weighted by molar-refractivity contribution is 6.33. The Morgan fingerprint density at radius 2 is 1.89 bits per heavy atom. The molecule has 0 spiro atoms. The highest BCUT2D eigenvalue weighted by Crippen LogP contribution is 2.30. The third-order valence-electron chi connectivity index (χ3n) is 2.99. The van der Waals surface area contributed by atoms with E-state index in [1.54, 1.807) is 37.3 Å². The molecule has 0 heterocycles. The topological polar surface area (TPSA) is 20.2 Å². The summed E-state index contributed by atoms with van der Waals surface area (Å²) in [5.74, 6) is -0.380. The lowest BCUT2D eigenvalue weighted by Crippen LogP contribution is -2.24. The molecule has 0 amide bonds. The van der Waals surface area contributed by atoms with Crippen LogP contribution in [0.1, 0.15) is 18.1 Å². The molecule has 2 rings (SSSR count). The van der Waals surface area contributed by atoms with E-state index < -0.39 is 5.60 Å². The lowest BCUT2D eigenvalue weighted by molar-refractivity contribution is 0.0573. The van der Waals surface area contributed by atoms with Gasteiger partial charge in [-0.25, -0.2) is 4.39 Å². The second-order valence-corrected chi connectivity index (χ2v) is 5.54. The molecule has 2 aromatic rings. The summed E-state index contributed by atoms with van der Waals surface area (Å²) in [6, 6.07) is 11.0. The van der Waals surface area contributed by atoms with Crippen molar-refractivity contribution >= 4 is 23.2 Å². The average Bonchev–Trinajstić information content (AvgIpc) is 2.33. The van der Waals surface area contributed by atoms with Crippen LogP contribution in [-0.2, 0) is 12.0 Å². The van der Waals surface area contributed by atoms with Gasteiger partial charge in [0, 0.05) is 16.5 Å². The fraction of sp³-hybridized carbons (Fsp3) is 0.200. The van der Waals surface area contributed by atoms with E-state index in [4.69, 9.17) is 23.2 Å². The molecule has 0 aliphatic rings. The fourth-order valence-corrected chi connectivity index (χ4v) is 2.35. The largest absolute Gasteiger partial charge is 0.385 e. The molecule has 0 saturated heterocycles. The minimum absolute atomic E-state index is 0.260. The Kier molecular flexibility index (Phi) is 4.14. The summed E-state index contributed by atoms with van der Waals surface area (Å²) >= 11 is 12.0. The SMILES string of the molecule is CC(O)(Cc1cc(Cl)ccc1Cl)c1cccc(F)c1. The first kappa shape index (κ1) is 14.3. The Bertz CT molecular complexity index is 596. The van der Waals surface area contributed by atoms with E-state index in [0.717, 1.165) is 5.56 Å². The summed E-state index contributed by atoms with van der Waals surface area (Å²) in [4.78, 5) is 0. The normalized spacial score (nSPS) is 14.2. The van der Waals surface area contributed by atoms with E-state index in [2.05, 4.69) is 0 Å². The molecule has 100 valence electrons. The summed E-state index contributed by atoms with van der Waals surface area (Å²) in [5, 5.41) is 11.6. The van der Waals surface area contributed by atoms with Crippen molar-refractivity contribution in [2.75, 3.05) is 0 Å². The van der Waals surface area contributed by atoms with Crippen LogP contribution >= 0.6 is 23.2 Å². The Labute approximate surface area is 121 Å². The first-order valence-corrected chi connectivity index (χ1v) is 6.56. The Morgan fingerprint density at radius 3 is 2.58 bits per heavy atom. The molecule has 2 aromatic carbocycles. The third-order valence-corrected chi connectivity index (χ3v) is 3.59. The monoisotopic (exact) mass is 298 g/mol. The molecule has 1 N–H and O–H groups in total. The van der Waals surface area contributed by atoms with Crippen LogP contribution < -0.4 is 0 Å². The number of hydrogen-bond donors (Lipinski definition) is 1. The van der Waals surface area contributed by atoms with Crippen LogP contribution in [0.4, 0.5) is 4.39 Å². The van der Waals surface area contributed by atoms with Gasteiger partial charge in [-0.3, -0.25) is 0 Å². The van der Waals surface area contributed by atoms with Gasteiger partial charge in [-0.2, -0.15) is 0 Å². The van der Waals surface area contributed by atoms with Crippen LogP contribution in [0.25, 0.3) is 0 Å². The lowest BCUT2D eigenvalue weighted by atomic mass is 9.89. The van der Waals surface area contributed by atoms with Gasteiger partial charge in [0.05, 0.1) is 5.60 Å². The number of aliphatic hydroxyl groups is 1. The van der Waals surface area contributed by atoms with Crippen LogP contribution in [0.15, 0.2) is 42.5 Å². The average molecular weight is 299 g/mol. The molecule has 0 aliphatic heterocycles. The molecule has 4 heteroatoms. The quantitative estimate of drug-likeness (QED) is 0.879. The number of rotatable bonds is 3. The smallest absolute Gasteiger partial charge is 0.123 e. The molecule has 0 aliphatic carbocycles. The molecule has 0 fully saturated rings. The second-order valence-electron chi connectivity index (χ2n) is 4.70. The molecule has 0 radical (unpaired) electrons. The van der Waals surface area contributed by atoms with Gasteiger partial charge in [0.1, 0.15) is 5.82 Å². The molecular formula is C15H13Cl2FO. The number of hydrogen-bond acceptors (Lipinski definition) is 1. The van der Waals surface area contributed by atoms with Crippen LogP contribution in [0.3, 0.4) is 0 Å². The van der Waals surface area contributed by atoms with Gasteiger partial charge in [0.2, 0.25) is 0 Å². The lowest BCUT2D eigenvalue weighted by Gasteiger charge is -2.24. The zero-order valence-electron chi connectivity index (χ0n) is 10.3. The van der Waals surface area contributed by atoms with Gasteiger partial charge < -0.3 is 5.11 Å². The highest BCUT2D eigenvalue weighted by Gasteiger charge is 2.25. The van der Waals surface area contributed by atoms with E-state index >= 15 is 0 Å². The van der Waals surface area contributed by atoms with Gasteiger partial charge in [-0.05, 0) is 48.4 Å². The van der Waals surface area contributed by atoms with E-state index in [1.807, 2.05) is 0 Å². The Balaban J connectivity index is 2.33. The maximum absolute atomic E-state index is 13.2. The van der Waals surface area contributed by atoms with Gasteiger partial charge in [-0.15, -0.1) is 0 Å². The molecule has 0 bridgehead atoms.